The van der Waals surface area contributed by atoms with Crippen LogP contribution in [0.3, 0.4) is 0 Å². The van der Waals surface area contributed by atoms with Gasteiger partial charge in [-0.1, -0.05) is 0 Å². The fourth-order valence-electron chi connectivity index (χ4n) is 5.40. The van der Waals surface area contributed by atoms with E-state index in [2.05, 4.69) is 19.9 Å². The Morgan fingerprint density at radius 2 is 1.94 bits per heavy atom. The van der Waals surface area contributed by atoms with Crippen LogP contribution in [-0.2, 0) is 4.79 Å². The molecule has 1 aromatic carbocycles. The van der Waals surface area contributed by atoms with Gasteiger partial charge in [-0.3, -0.25) is 4.79 Å². The number of aromatic amines is 1. The molecule has 3 aliphatic carbocycles. The van der Waals surface area contributed by atoms with Gasteiger partial charge in [0.1, 0.15) is 17.3 Å². The van der Waals surface area contributed by atoms with Crippen LogP contribution in [-0.4, -0.2) is 31.7 Å². The molecular formula is C25H19F3N4O3. The fraction of sp³-hybridized carbons (Fsp3) is 0.280. The van der Waals surface area contributed by atoms with Crippen molar-refractivity contribution >= 4 is 28.4 Å². The van der Waals surface area contributed by atoms with Crippen molar-refractivity contribution in [2.75, 3.05) is 0 Å². The minimum absolute atomic E-state index is 0.0266. The van der Waals surface area contributed by atoms with Gasteiger partial charge in [0.15, 0.2) is 23.2 Å². The second-order valence-corrected chi connectivity index (χ2v) is 8.99. The maximum Gasteiger partial charge on any atom is 0.312 e. The molecule has 0 aliphatic heterocycles. The number of carbonyl (C=O) groups is 1. The number of nitrogens with zero attached hydrogens (tertiary/aromatic N) is 3. The number of benzene rings is 1. The Labute approximate surface area is 196 Å². The molecule has 3 heterocycles. The minimum Gasteiger partial charge on any atom is -0.481 e. The number of hydrogen-bond donors (Lipinski definition) is 2. The molecule has 178 valence electrons. The standard InChI is InChI=1S/C25H19F3N4O3/c26-13-8-14-15(10-29-21(14)16(27)9-13)23-31-22(17-2-1-7-35-17)19(28)24(32-23)30-20-12-5-3-11(4-6-12)18(20)25(33)34/h1-2,7-12,18,29H,3-6H2,(H,33,34)/b30-20+/t11?,12?,18-/m1/s1. The second kappa shape index (κ2) is 8.07. The second-order valence-electron chi connectivity index (χ2n) is 8.99. The van der Waals surface area contributed by atoms with Crippen LogP contribution in [0, 0.1) is 35.2 Å². The topological polar surface area (TPSA) is 104 Å². The van der Waals surface area contributed by atoms with E-state index in [1.165, 1.54) is 18.5 Å². The molecule has 0 unspecified atom stereocenters. The number of aromatic nitrogens is 3. The first kappa shape index (κ1) is 21.6. The summed E-state index contributed by atoms with van der Waals surface area (Å²) in [5.74, 6) is -4.58. The third-order valence-corrected chi connectivity index (χ3v) is 7.02. The van der Waals surface area contributed by atoms with Gasteiger partial charge in [-0.15, -0.1) is 0 Å². The first-order chi connectivity index (χ1) is 16.9. The van der Waals surface area contributed by atoms with Gasteiger partial charge in [-0.25, -0.2) is 28.1 Å². The Hall–Kier alpha value is -3.95. The van der Waals surface area contributed by atoms with Crippen LogP contribution in [0.25, 0.3) is 33.7 Å². The number of fused-ring (bicyclic) bond motifs is 4. The molecule has 0 spiro atoms. The summed E-state index contributed by atoms with van der Waals surface area (Å²) >= 11 is 0. The number of halogens is 3. The van der Waals surface area contributed by atoms with Gasteiger partial charge in [-0.2, -0.15) is 0 Å². The zero-order chi connectivity index (χ0) is 24.3. The van der Waals surface area contributed by atoms with E-state index in [0.29, 0.717) is 5.71 Å². The Balaban J connectivity index is 1.57. The number of aliphatic carboxylic acids is 1. The molecule has 0 radical (unpaired) electrons. The monoisotopic (exact) mass is 480 g/mol. The van der Waals surface area contributed by atoms with Gasteiger partial charge in [-0.05, 0) is 55.7 Å². The van der Waals surface area contributed by atoms with Crippen molar-refractivity contribution in [2.24, 2.45) is 22.7 Å². The van der Waals surface area contributed by atoms with E-state index in [-0.39, 0.29) is 51.4 Å². The van der Waals surface area contributed by atoms with Crippen LogP contribution in [0.2, 0.25) is 0 Å². The van der Waals surface area contributed by atoms with Gasteiger partial charge in [0.25, 0.3) is 0 Å². The Morgan fingerprint density at radius 3 is 2.66 bits per heavy atom. The third kappa shape index (κ3) is 3.51. The fourth-order valence-corrected chi connectivity index (χ4v) is 5.40. The molecule has 2 N–H and O–H groups in total. The van der Waals surface area contributed by atoms with E-state index in [9.17, 15) is 18.7 Å². The lowest BCUT2D eigenvalue weighted by atomic mass is 9.63. The predicted octanol–water partition coefficient (Wildman–Crippen LogP) is 5.90. The summed E-state index contributed by atoms with van der Waals surface area (Å²) in [5, 5.41) is 10.0. The summed E-state index contributed by atoms with van der Waals surface area (Å²) in [6, 6.07) is 4.97. The summed E-state index contributed by atoms with van der Waals surface area (Å²) in [7, 11) is 0. The highest BCUT2D eigenvalue weighted by Crippen LogP contribution is 2.45. The van der Waals surface area contributed by atoms with Gasteiger partial charge in [0.05, 0.1) is 17.7 Å². The lowest BCUT2D eigenvalue weighted by Gasteiger charge is -2.41. The predicted molar refractivity (Wildman–Crippen MR) is 121 cm³/mol. The summed E-state index contributed by atoms with van der Waals surface area (Å²) in [5.41, 5.74) is 0.522. The highest BCUT2D eigenvalue weighted by Gasteiger charge is 2.45. The number of H-pyrrole nitrogens is 1. The van der Waals surface area contributed by atoms with Crippen molar-refractivity contribution in [1.82, 2.24) is 15.0 Å². The molecule has 3 saturated carbocycles. The third-order valence-electron chi connectivity index (χ3n) is 7.02. The number of aliphatic imine (C=N–C) groups is 1. The molecule has 1 atom stereocenters. The van der Waals surface area contributed by atoms with Crippen molar-refractivity contribution in [3.63, 3.8) is 0 Å². The van der Waals surface area contributed by atoms with E-state index >= 15 is 4.39 Å². The van der Waals surface area contributed by atoms with Crippen LogP contribution in [0.5, 0.6) is 0 Å². The molecular weight excluding hydrogens is 461 g/mol. The van der Waals surface area contributed by atoms with Crippen LogP contribution in [0.4, 0.5) is 19.0 Å². The number of furan rings is 1. The first-order valence-electron chi connectivity index (χ1n) is 11.3. The molecule has 7 nitrogen and oxygen atoms in total. The summed E-state index contributed by atoms with van der Waals surface area (Å²) in [6.07, 6.45) is 5.94. The van der Waals surface area contributed by atoms with Crippen LogP contribution >= 0.6 is 0 Å². The van der Waals surface area contributed by atoms with E-state index in [0.717, 1.165) is 37.8 Å². The van der Waals surface area contributed by atoms with E-state index in [1.54, 1.807) is 6.07 Å². The first-order valence-corrected chi connectivity index (χ1v) is 11.3. The van der Waals surface area contributed by atoms with Crippen molar-refractivity contribution in [2.45, 2.75) is 25.7 Å². The molecule has 0 amide bonds. The largest absolute Gasteiger partial charge is 0.481 e. The van der Waals surface area contributed by atoms with E-state index in [1.807, 2.05) is 0 Å². The van der Waals surface area contributed by atoms with Crippen LogP contribution in [0.15, 0.2) is 46.1 Å². The van der Waals surface area contributed by atoms with Crippen LogP contribution in [0.1, 0.15) is 25.7 Å². The lowest BCUT2D eigenvalue weighted by Crippen LogP contribution is -2.44. The zero-order valence-corrected chi connectivity index (χ0v) is 18.3. The average Bonchev–Trinajstić information content (AvgIpc) is 3.51. The van der Waals surface area contributed by atoms with Crippen molar-refractivity contribution < 1.29 is 27.5 Å². The molecule has 4 aromatic rings. The number of carboxylic acids is 1. The molecule has 3 aliphatic rings. The minimum atomic E-state index is -0.985. The SMILES string of the molecule is O=C(O)[C@H]1/C(=N/c2nc(-c3c[nH]c4c(F)cc(F)cc34)nc(-c3ccco3)c2F)C2CCC1CC2. The van der Waals surface area contributed by atoms with Gasteiger partial charge in [0.2, 0.25) is 0 Å². The van der Waals surface area contributed by atoms with Gasteiger partial charge < -0.3 is 14.5 Å². The number of nitrogens with one attached hydrogen (secondary N) is 1. The smallest absolute Gasteiger partial charge is 0.312 e. The Kier molecular flexibility index (Phi) is 4.98. The number of rotatable bonds is 4. The highest BCUT2D eigenvalue weighted by molar-refractivity contribution is 6.05. The van der Waals surface area contributed by atoms with Crippen molar-refractivity contribution in [1.29, 1.82) is 0 Å². The Bertz CT molecular complexity index is 1490. The quantitative estimate of drug-likeness (QED) is 0.379. The van der Waals surface area contributed by atoms with E-state index < -0.39 is 29.3 Å². The summed E-state index contributed by atoms with van der Waals surface area (Å²) in [4.78, 5) is 27.8. The Morgan fingerprint density at radius 1 is 1.14 bits per heavy atom. The number of hydrogen-bond acceptors (Lipinski definition) is 5. The average molecular weight is 480 g/mol. The van der Waals surface area contributed by atoms with E-state index in [4.69, 9.17) is 4.42 Å². The molecule has 35 heavy (non-hydrogen) atoms. The lowest BCUT2D eigenvalue weighted by molar-refractivity contribution is -0.142. The summed E-state index contributed by atoms with van der Waals surface area (Å²) < 4.78 is 49.3. The maximum absolute atomic E-state index is 15.7. The maximum atomic E-state index is 15.7. The highest BCUT2D eigenvalue weighted by atomic mass is 19.1. The normalized spacial score (nSPS) is 22.8. The molecule has 3 fully saturated rings. The molecule has 10 heteroatoms. The molecule has 7 rings (SSSR count). The molecule has 2 bridgehead atoms. The summed E-state index contributed by atoms with van der Waals surface area (Å²) in [6.45, 7) is 0. The van der Waals surface area contributed by atoms with Crippen molar-refractivity contribution in [3.05, 3.63) is 54.2 Å². The van der Waals surface area contributed by atoms with Crippen LogP contribution < -0.4 is 0 Å². The van der Waals surface area contributed by atoms with Gasteiger partial charge >= 0.3 is 5.97 Å². The number of carboxylic acid groups (broad SMARTS) is 1. The van der Waals surface area contributed by atoms with Crippen molar-refractivity contribution in [3.8, 4) is 22.8 Å². The molecule has 0 saturated heterocycles. The molecule has 3 aromatic heterocycles. The van der Waals surface area contributed by atoms with Gasteiger partial charge in [0, 0.05) is 28.9 Å². The zero-order valence-electron chi connectivity index (χ0n) is 18.3.